The van der Waals surface area contributed by atoms with Gasteiger partial charge in [0.15, 0.2) is 5.13 Å². The van der Waals surface area contributed by atoms with Crippen molar-refractivity contribution < 1.29 is 14.3 Å². The van der Waals surface area contributed by atoms with Crippen molar-refractivity contribution in [3.63, 3.8) is 0 Å². The van der Waals surface area contributed by atoms with Crippen LogP contribution in [0.5, 0.6) is 0 Å². The summed E-state index contributed by atoms with van der Waals surface area (Å²) in [6.45, 7) is 2.56. The summed E-state index contributed by atoms with van der Waals surface area (Å²) in [5.74, 6) is -0.660. The molecule has 1 N–H and O–H groups in total. The predicted molar refractivity (Wildman–Crippen MR) is 80.9 cm³/mol. The molecule has 0 aliphatic rings. The van der Waals surface area contributed by atoms with Gasteiger partial charge in [-0.3, -0.25) is 14.9 Å². The number of aromatic nitrogens is 2. The fraction of sp³-hybridized carbons (Fsp3) is 0.308. The monoisotopic (exact) mass is 327 g/mol. The van der Waals surface area contributed by atoms with E-state index in [0.29, 0.717) is 28.1 Å². The molecule has 0 aromatic carbocycles. The van der Waals surface area contributed by atoms with E-state index in [9.17, 15) is 9.59 Å². The molecule has 0 bridgehead atoms. The third-order valence-corrected chi connectivity index (χ3v) is 3.78. The standard InChI is InChI=1S/C13H14ClN3O3S/c1-3-17-6-8(14)4-10(17)12(19)16-13-15-9(7-21-13)5-11(18)20-2/h4,6-7H,3,5H2,1-2H3,(H,15,16,19). The van der Waals surface area contributed by atoms with Gasteiger partial charge in [-0.2, -0.15) is 0 Å². The zero-order chi connectivity index (χ0) is 15.4. The van der Waals surface area contributed by atoms with Gasteiger partial charge in [-0.25, -0.2) is 4.98 Å². The zero-order valence-electron chi connectivity index (χ0n) is 11.6. The van der Waals surface area contributed by atoms with Crippen molar-refractivity contribution in [1.82, 2.24) is 9.55 Å². The summed E-state index contributed by atoms with van der Waals surface area (Å²) >= 11 is 7.16. The van der Waals surface area contributed by atoms with Crippen LogP contribution in [0.15, 0.2) is 17.6 Å². The molecule has 1 amide bonds. The number of carbonyl (C=O) groups is 2. The van der Waals surface area contributed by atoms with E-state index in [-0.39, 0.29) is 18.3 Å². The Bertz CT molecular complexity index is 665. The van der Waals surface area contributed by atoms with E-state index >= 15 is 0 Å². The fourth-order valence-corrected chi connectivity index (χ4v) is 2.68. The molecule has 2 aromatic heterocycles. The highest BCUT2D eigenvalue weighted by Crippen LogP contribution is 2.19. The number of anilines is 1. The molecule has 6 nitrogen and oxygen atoms in total. The smallest absolute Gasteiger partial charge is 0.311 e. The topological polar surface area (TPSA) is 73.2 Å². The molecule has 0 saturated carbocycles. The Hall–Kier alpha value is -1.86. The third-order valence-electron chi connectivity index (χ3n) is 2.76. The summed E-state index contributed by atoms with van der Waals surface area (Å²) in [5, 5.41) is 5.34. The maximum atomic E-state index is 12.2. The van der Waals surface area contributed by atoms with Crippen molar-refractivity contribution in [2.45, 2.75) is 19.9 Å². The number of aryl methyl sites for hydroxylation is 1. The first kappa shape index (κ1) is 15.5. The van der Waals surface area contributed by atoms with Crippen LogP contribution in [0.3, 0.4) is 0 Å². The van der Waals surface area contributed by atoms with Crippen LogP contribution in [0, 0.1) is 0 Å². The van der Waals surface area contributed by atoms with Crippen LogP contribution in [0.25, 0.3) is 0 Å². The molecule has 2 aromatic rings. The Morgan fingerprint density at radius 2 is 2.29 bits per heavy atom. The molecule has 0 spiro atoms. The molecule has 2 rings (SSSR count). The van der Waals surface area contributed by atoms with Gasteiger partial charge in [0.25, 0.3) is 5.91 Å². The quantitative estimate of drug-likeness (QED) is 0.857. The van der Waals surface area contributed by atoms with Crippen molar-refractivity contribution in [2.24, 2.45) is 0 Å². The molecular formula is C13H14ClN3O3S. The summed E-state index contributed by atoms with van der Waals surface area (Å²) in [6.07, 6.45) is 1.78. The van der Waals surface area contributed by atoms with Crippen molar-refractivity contribution in [2.75, 3.05) is 12.4 Å². The molecule has 0 saturated heterocycles. The lowest BCUT2D eigenvalue weighted by Gasteiger charge is -2.05. The Morgan fingerprint density at radius 3 is 2.95 bits per heavy atom. The number of rotatable bonds is 5. The number of carbonyl (C=O) groups excluding carboxylic acids is 2. The maximum absolute atomic E-state index is 12.2. The fourth-order valence-electron chi connectivity index (χ4n) is 1.75. The number of halogens is 1. The lowest BCUT2D eigenvalue weighted by Crippen LogP contribution is -2.16. The van der Waals surface area contributed by atoms with E-state index < -0.39 is 0 Å². The molecule has 0 atom stereocenters. The van der Waals surface area contributed by atoms with Gasteiger partial charge in [-0.05, 0) is 13.0 Å². The van der Waals surface area contributed by atoms with E-state index in [2.05, 4.69) is 15.0 Å². The van der Waals surface area contributed by atoms with Crippen LogP contribution >= 0.6 is 22.9 Å². The first-order chi connectivity index (χ1) is 10.0. The summed E-state index contributed by atoms with van der Waals surface area (Å²) in [5.41, 5.74) is 1.03. The Morgan fingerprint density at radius 1 is 1.52 bits per heavy atom. The molecule has 0 aliphatic carbocycles. The average Bonchev–Trinajstić information content (AvgIpc) is 3.05. The van der Waals surface area contributed by atoms with Gasteiger partial charge in [-0.1, -0.05) is 11.6 Å². The van der Waals surface area contributed by atoms with Crippen LogP contribution < -0.4 is 5.32 Å². The van der Waals surface area contributed by atoms with Crippen LogP contribution in [-0.4, -0.2) is 28.5 Å². The van der Waals surface area contributed by atoms with Gasteiger partial charge >= 0.3 is 5.97 Å². The van der Waals surface area contributed by atoms with E-state index in [1.807, 2.05) is 6.92 Å². The van der Waals surface area contributed by atoms with Crippen molar-refractivity contribution in [3.05, 3.63) is 34.1 Å². The molecule has 0 unspecified atom stereocenters. The minimum Gasteiger partial charge on any atom is -0.469 e. The van der Waals surface area contributed by atoms with Gasteiger partial charge < -0.3 is 9.30 Å². The summed E-state index contributed by atoms with van der Waals surface area (Å²) < 4.78 is 6.32. The largest absolute Gasteiger partial charge is 0.469 e. The molecule has 0 radical (unpaired) electrons. The second-order valence-electron chi connectivity index (χ2n) is 4.18. The van der Waals surface area contributed by atoms with Crippen molar-refractivity contribution in [3.8, 4) is 0 Å². The second-order valence-corrected chi connectivity index (χ2v) is 5.48. The van der Waals surface area contributed by atoms with Crippen LogP contribution in [-0.2, 0) is 22.5 Å². The van der Waals surface area contributed by atoms with Gasteiger partial charge in [0.1, 0.15) is 5.69 Å². The van der Waals surface area contributed by atoms with Crippen LogP contribution in [0.1, 0.15) is 23.1 Å². The molecule has 2 heterocycles. The lowest BCUT2D eigenvalue weighted by atomic mass is 10.3. The summed E-state index contributed by atoms with van der Waals surface area (Å²) in [7, 11) is 1.32. The van der Waals surface area contributed by atoms with E-state index in [1.54, 1.807) is 22.2 Å². The Kier molecular flexibility index (Phi) is 4.98. The number of hydrogen-bond donors (Lipinski definition) is 1. The lowest BCUT2D eigenvalue weighted by molar-refractivity contribution is -0.139. The highest BCUT2D eigenvalue weighted by molar-refractivity contribution is 7.14. The molecule has 8 heteroatoms. The SMILES string of the molecule is CCn1cc(Cl)cc1C(=O)Nc1nc(CC(=O)OC)cs1. The summed E-state index contributed by atoms with van der Waals surface area (Å²) in [6, 6.07) is 1.60. The zero-order valence-corrected chi connectivity index (χ0v) is 13.1. The minimum absolute atomic E-state index is 0.0834. The minimum atomic E-state index is -0.371. The number of thiazole rings is 1. The highest BCUT2D eigenvalue weighted by Gasteiger charge is 2.15. The number of nitrogens with zero attached hydrogens (tertiary/aromatic N) is 2. The van der Waals surface area contributed by atoms with Crippen LogP contribution in [0.4, 0.5) is 5.13 Å². The molecule has 112 valence electrons. The number of hydrogen-bond acceptors (Lipinski definition) is 5. The second kappa shape index (κ2) is 6.73. The van der Waals surface area contributed by atoms with Gasteiger partial charge in [0, 0.05) is 18.1 Å². The van der Waals surface area contributed by atoms with Crippen LogP contribution in [0.2, 0.25) is 5.02 Å². The van der Waals surface area contributed by atoms with E-state index in [1.165, 1.54) is 18.4 Å². The average molecular weight is 328 g/mol. The van der Waals surface area contributed by atoms with Crippen molar-refractivity contribution in [1.29, 1.82) is 0 Å². The normalized spacial score (nSPS) is 10.4. The maximum Gasteiger partial charge on any atom is 0.311 e. The van der Waals surface area contributed by atoms with E-state index in [4.69, 9.17) is 11.6 Å². The number of ether oxygens (including phenoxy) is 1. The van der Waals surface area contributed by atoms with Gasteiger partial charge in [0.05, 0.1) is 24.2 Å². The number of amides is 1. The summed E-state index contributed by atoms with van der Waals surface area (Å²) in [4.78, 5) is 27.5. The molecular weight excluding hydrogens is 314 g/mol. The molecule has 0 aliphatic heterocycles. The van der Waals surface area contributed by atoms with E-state index in [0.717, 1.165) is 0 Å². The molecule has 0 fully saturated rings. The first-order valence-electron chi connectivity index (χ1n) is 6.21. The first-order valence-corrected chi connectivity index (χ1v) is 7.47. The number of methoxy groups -OCH3 is 1. The molecule has 21 heavy (non-hydrogen) atoms. The van der Waals surface area contributed by atoms with Gasteiger partial charge in [-0.15, -0.1) is 11.3 Å². The number of esters is 1. The Labute approximate surface area is 130 Å². The highest BCUT2D eigenvalue weighted by atomic mass is 35.5. The number of nitrogens with one attached hydrogen (secondary N) is 1. The third kappa shape index (κ3) is 3.83. The van der Waals surface area contributed by atoms with Gasteiger partial charge in [0.2, 0.25) is 0 Å². The predicted octanol–water partition coefficient (Wildman–Crippen LogP) is 2.59. The Balaban J connectivity index is 2.07. The van der Waals surface area contributed by atoms with Crippen molar-refractivity contribution >= 4 is 39.9 Å².